The molecule has 21 heavy (non-hydrogen) atoms. The summed E-state index contributed by atoms with van der Waals surface area (Å²) in [5.41, 5.74) is 2.42. The van der Waals surface area contributed by atoms with E-state index in [-0.39, 0.29) is 0 Å². The molecule has 0 saturated heterocycles. The minimum atomic E-state index is 0.394. The Morgan fingerprint density at radius 3 is 2.43 bits per heavy atom. The smallest absolute Gasteiger partial charge is 0.224 e. The third-order valence-electron chi connectivity index (χ3n) is 3.43. The molecule has 0 N–H and O–H groups in total. The van der Waals surface area contributed by atoms with Crippen molar-refractivity contribution in [1.29, 1.82) is 5.26 Å². The average Bonchev–Trinajstić information content (AvgIpc) is 3.26. The van der Waals surface area contributed by atoms with Crippen LogP contribution in [-0.2, 0) is 0 Å². The van der Waals surface area contributed by atoms with Gasteiger partial charge in [-0.25, -0.2) is 4.98 Å². The zero-order valence-corrected chi connectivity index (χ0v) is 12.6. The van der Waals surface area contributed by atoms with Crippen molar-refractivity contribution in [2.24, 2.45) is 0 Å². The molecule has 1 fully saturated rings. The predicted octanol–water partition coefficient (Wildman–Crippen LogP) is 4.29. The van der Waals surface area contributed by atoms with E-state index in [4.69, 9.17) is 21.6 Å². The van der Waals surface area contributed by atoms with Gasteiger partial charge in [0.05, 0.1) is 11.6 Å². The standard InChI is InChI=1S/C16H14ClN3O/c1-9-5-11(8-18)6-10(2)15(9)21-14-7-13(17)19-16(20-14)12-3-4-12/h5-7,12H,3-4H2,1-2H3. The third-order valence-corrected chi connectivity index (χ3v) is 3.62. The molecule has 1 heterocycles. The molecule has 1 aliphatic carbocycles. The molecule has 0 bridgehead atoms. The first-order chi connectivity index (χ1) is 10.1. The molecule has 0 amide bonds. The summed E-state index contributed by atoms with van der Waals surface area (Å²) < 4.78 is 5.89. The first kappa shape index (κ1) is 13.8. The Labute approximate surface area is 128 Å². The molecular formula is C16H14ClN3O. The van der Waals surface area contributed by atoms with Crippen LogP contribution in [-0.4, -0.2) is 9.97 Å². The maximum Gasteiger partial charge on any atom is 0.224 e. The topological polar surface area (TPSA) is 58.8 Å². The molecule has 3 rings (SSSR count). The van der Waals surface area contributed by atoms with E-state index in [1.807, 2.05) is 13.8 Å². The second kappa shape index (κ2) is 5.34. The van der Waals surface area contributed by atoms with E-state index in [1.165, 1.54) is 0 Å². The summed E-state index contributed by atoms with van der Waals surface area (Å²) in [7, 11) is 0. The second-order valence-corrected chi connectivity index (χ2v) is 5.70. The molecule has 1 saturated carbocycles. The highest BCUT2D eigenvalue weighted by Gasteiger charge is 2.27. The van der Waals surface area contributed by atoms with Gasteiger partial charge in [0.2, 0.25) is 5.88 Å². The van der Waals surface area contributed by atoms with E-state index in [9.17, 15) is 0 Å². The summed E-state index contributed by atoms with van der Waals surface area (Å²) in [6, 6.07) is 7.35. The Bertz CT molecular complexity index is 725. The molecule has 5 heteroatoms. The van der Waals surface area contributed by atoms with Gasteiger partial charge in [-0.15, -0.1) is 0 Å². The fraction of sp³-hybridized carbons (Fsp3) is 0.312. The molecule has 1 aromatic carbocycles. The summed E-state index contributed by atoms with van der Waals surface area (Å²) in [6.45, 7) is 3.82. The van der Waals surface area contributed by atoms with Gasteiger partial charge in [0.1, 0.15) is 16.7 Å². The van der Waals surface area contributed by atoms with Crippen molar-refractivity contribution in [2.75, 3.05) is 0 Å². The molecule has 2 aromatic rings. The van der Waals surface area contributed by atoms with Crippen LogP contribution in [0.4, 0.5) is 0 Å². The highest BCUT2D eigenvalue weighted by molar-refractivity contribution is 6.29. The fourth-order valence-electron chi connectivity index (χ4n) is 2.27. The van der Waals surface area contributed by atoms with Crippen LogP contribution in [0.15, 0.2) is 18.2 Å². The SMILES string of the molecule is Cc1cc(C#N)cc(C)c1Oc1cc(Cl)nc(C2CC2)n1. The molecule has 0 aliphatic heterocycles. The van der Waals surface area contributed by atoms with Crippen LogP contribution >= 0.6 is 11.6 Å². The molecule has 0 unspecified atom stereocenters. The lowest BCUT2D eigenvalue weighted by atomic mass is 10.1. The van der Waals surface area contributed by atoms with Crippen molar-refractivity contribution in [1.82, 2.24) is 9.97 Å². The number of halogens is 1. The summed E-state index contributed by atoms with van der Waals surface area (Å²) in [4.78, 5) is 8.67. The monoisotopic (exact) mass is 299 g/mol. The van der Waals surface area contributed by atoms with E-state index < -0.39 is 0 Å². The average molecular weight is 300 g/mol. The van der Waals surface area contributed by atoms with Crippen LogP contribution in [0.2, 0.25) is 5.15 Å². The lowest BCUT2D eigenvalue weighted by molar-refractivity contribution is 0.452. The van der Waals surface area contributed by atoms with Crippen molar-refractivity contribution in [3.05, 3.63) is 45.9 Å². The Morgan fingerprint density at radius 2 is 1.86 bits per heavy atom. The highest BCUT2D eigenvalue weighted by atomic mass is 35.5. The van der Waals surface area contributed by atoms with Gasteiger partial charge < -0.3 is 4.74 Å². The number of ether oxygens (including phenoxy) is 1. The van der Waals surface area contributed by atoms with E-state index in [1.54, 1.807) is 18.2 Å². The van der Waals surface area contributed by atoms with Gasteiger partial charge in [-0.05, 0) is 49.9 Å². The van der Waals surface area contributed by atoms with Gasteiger partial charge in [0, 0.05) is 12.0 Å². The zero-order valence-electron chi connectivity index (χ0n) is 11.9. The summed E-state index contributed by atoms with van der Waals surface area (Å²) >= 11 is 6.04. The van der Waals surface area contributed by atoms with E-state index >= 15 is 0 Å². The normalized spacial score (nSPS) is 13.8. The number of hydrogen-bond acceptors (Lipinski definition) is 4. The van der Waals surface area contributed by atoms with E-state index in [0.717, 1.165) is 29.8 Å². The van der Waals surface area contributed by atoms with E-state index in [0.29, 0.717) is 28.3 Å². The Balaban J connectivity index is 1.95. The summed E-state index contributed by atoms with van der Waals surface area (Å²) in [6.07, 6.45) is 2.21. The van der Waals surface area contributed by atoms with Crippen LogP contribution in [0.5, 0.6) is 11.6 Å². The van der Waals surface area contributed by atoms with Crippen LogP contribution in [0.3, 0.4) is 0 Å². The predicted molar refractivity (Wildman–Crippen MR) is 79.7 cm³/mol. The lowest BCUT2D eigenvalue weighted by Gasteiger charge is -2.12. The third kappa shape index (κ3) is 2.98. The quantitative estimate of drug-likeness (QED) is 0.793. The maximum absolute atomic E-state index is 8.98. The Kier molecular flexibility index (Phi) is 3.52. The maximum atomic E-state index is 8.98. The molecule has 106 valence electrons. The van der Waals surface area contributed by atoms with Crippen LogP contribution < -0.4 is 4.74 Å². The number of aromatic nitrogens is 2. The lowest BCUT2D eigenvalue weighted by Crippen LogP contribution is -1.99. The van der Waals surface area contributed by atoms with E-state index in [2.05, 4.69) is 16.0 Å². The molecule has 1 aromatic heterocycles. The number of aryl methyl sites for hydroxylation is 2. The molecular weight excluding hydrogens is 286 g/mol. The van der Waals surface area contributed by atoms with Gasteiger partial charge in [-0.1, -0.05) is 11.6 Å². The first-order valence-electron chi connectivity index (χ1n) is 6.80. The minimum absolute atomic E-state index is 0.394. The molecule has 1 aliphatic rings. The van der Waals surface area contributed by atoms with Crippen molar-refractivity contribution in [2.45, 2.75) is 32.6 Å². The molecule has 0 spiro atoms. The van der Waals surface area contributed by atoms with Crippen LogP contribution in [0.25, 0.3) is 0 Å². The van der Waals surface area contributed by atoms with Gasteiger partial charge in [0.15, 0.2) is 0 Å². The molecule has 0 radical (unpaired) electrons. The summed E-state index contributed by atoms with van der Waals surface area (Å²) in [5, 5.41) is 9.37. The molecule has 0 atom stereocenters. The van der Waals surface area contributed by atoms with Gasteiger partial charge in [0.25, 0.3) is 0 Å². The number of nitriles is 1. The number of rotatable bonds is 3. The fourth-order valence-corrected chi connectivity index (χ4v) is 2.45. The van der Waals surface area contributed by atoms with Gasteiger partial charge >= 0.3 is 0 Å². The Morgan fingerprint density at radius 1 is 1.19 bits per heavy atom. The first-order valence-corrected chi connectivity index (χ1v) is 7.18. The number of nitrogens with zero attached hydrogens (tertiary/aromatic N) is 3. The van der Waals surface area contributed by atoms with Crippen molar-refractivity contribution in [3.8, 4) is 17.7 Å². The largest absolute Gasteiger partial charge is 0.438 e. The molecule has 4 nitrogen and oxygen atoms in total. The number of hydrogen-bond donors (Lipinski definition) is 0. The van der Waals surface area contributed by atoms with Crippen molar-refractivity contribution >= 4 is 11.6 Å². The zero-order chi connectivity index (χ0) is 15.0. The van der Waals surface area contributed by atoms with Crippen LogP contribution in [0, 0.1) is 25.2 Å². The van der Waals surface area contributed by atoms with Crippen LogP contribution in [0.1, 0.15) is 41.3 Å². The second-order valence-electron chi connectivity index (χ2n) is 5.31. The highest BCUT2D eigenvalue weighted by Crippen LogP contribution is 2.39. The summed E-state index contributed by atoms with van der Waals surface area (Å²) in [5.74, 6) is 2.33. The van der Waals surface area contributed by atoms with Gasteiger partial charge in [-0.3, -0.25) is 0 Å². The Hall–Kier alpha value is -2.12. The van der Waals surface area contributed by atoms with Crippen molar-refractivity contribution < 1.29 is 4.74 Å². The van der Waals surface area contributed by atoms with Gasteiger partial charge in [-0.2, -0.15) is 10.2 Å². The van der Waals surface area contributed by atoms with Crippen molar-refractivity contribution in [3.63, 3.8) is 0 Å². The number of benzene rings is 1. The minimum Gasteiger partial charge on any atom is -0.438 e.